The molecule has 2 aliphatic heterocycles. The van der Waals surface area contributed by atoms with Crippen LogP contribution in [0.2, 0.25) is 0 Å². The van der Waals surface area contributed by atoms with Crippen molar-refractivity contribution in [3.63, 3.8) is 0 Å². The van der Waals surface area contributed by atoms with Gasteiger partial charge in [-0.25, -0.2) is 0 Å². The number of carbonyl (C=O) groups excluding carboxylic acids is 1. The lowest BCUT2D eigenvalue weighted by Gasteiger charge is -2.24. The molecule has 1 amide bonds. The van der Waals surface area contributed by atoms with Gasteiger partial charge >= 0.3 is 0 Å². The van der Waals surface area contributed by atoms with E-state index in [1.165, 1.54) is 0 Å². The second-order valence-electron chi connectivity index (χ2n) is 5.22. The van der Waals surface area contributed by atoms with E-state index in [0.717, 1.165) is 30.7 Å². The molecule has 1 aromatic rings. The summed E-state index contributed by atoms with van der Waals surface area (Å²) in [6, 6.07) is 7.67. The smallest absolute Gasteiger partial charge is 0.256 e. The first-order valence-electron chi connectivity index (χ1n) is 7.18. The fourth-order valence-corrected chi connectivity index (χ4v) is 2.79. The molecule has 2 heterocycles. The van der Waals surface area contributed by atoms with Gasteiger partial charge in [0.2, 0.25) is 0 Å². The van der Waals surface area contributed by atoms with Crippen LogP contribution in [-0.4, -0.2) is 37.8 Å². The Kier molecular flexibility index (Phi) is 3.89. The van der Waals surface area contributed by atoms with Gasteiger partial charge in [-0.3, -0.25) is 4.79 Å². The summed E-state index contributed by atoms with van der Waals surface area (Å²) in [7, 11) is 0. The van der Waals surface area contributed by atoms with E-state index in [2.05, 4.69) is 0 Å². The molecule has 1 aromatic carbocycles. The Morgan fingerprint density at radius 2 is 2.20 bits per heavy atom. The van der Waals surface area contributed by atoms with Crippen molar-refractivity contribution in [3.05, 3.63) is 24.3 Å². The first-order chi connectivity index (χ1) is 9.79. The van der Waals surface area contributed by atoms with Crippen LogP contribution in [0.15, 0.2) is 24.3 Å². The molecular weight excluding hydrogens is 256 g/mol. The number of amides is 1. The zero-order chi connectivity index (χ0) is 13.9. The highest BCUT2D eigenvalue weighted by atomic mass is 16.5. The molecule has 2 unspecified atom stereocenters. The molecule has 2 N–H and O–H groups in total. The first kappa shape index (κ1) is 13.4. The highest BCUT2D eigenvalue weighted by Gasteiger charge is 2.34. The largest absolute Gasteiger partial charge is 0.491 e. The minimum Gasteiger partial charge on any atom is -0.491 e. The molecule has 0 aliphatic carbocycles. The molecular formula is C15H20N2O3. The number of hydrogen-bond donors (Lipinski definition) is 1. The van der Waals surface area contributed by atoms with E-state index in [4.69, 9.17) is 15.2 Å². The fraction of sp³-hybridized carbons (Fsp3) is 0.533. The summed E-state index contributed by atoms with van der Waals surface area (Å²) in [5.74, 6) is 0.797. The molecule has 5 nitrogen and oxygen atoms in total. The van der Waals surface area contributed by atoms with Gasteiger partial charge in [-0.05, 0) is 31.4 Å². The van der Waals surface area contributed by atoms with Crippen LogP contribution in [0.5, 0.6) is 5.75 Å². The Labute approximate surface area is 118 Å². The minimum atomic E-state index is -0.366. The summed E-state index contributed by atoms with van der Waals surface area (Å²) >= 11 is 0. The number of carbonyl (C=O) groups is 1. The van der Waals surface area contributed by atoms with Crippen LogP contribution < -0.4 is 15.4 Å². The number of rotatable bonds is 2. The van der Waals surface area contributed by atoms with Crippen LogP contribution >= 0.6 is 0 Å². The summed E-state index contributed by atoms with van der Waals surface area (Å²) < 4.78 is 11.4. The number of ether oxygens (including phenoxy) is 2. The third-order valence-electron chi connectivity index (χ3n) is 3.85. The van der Waals surface area contributed by atoms with Gasteiger partial charge in [-0.15, -0.1) is 0 Å². The van der Waals surface area contributed by atoms with Crippen molar-refractivity contribution in [2.75, 3.05) is 24.6 Å². The van der Waals surface area contributed by atoms with E-state index in [0.29, 0.717) is 19.7 Å². The first-order valence-corrected chi connectivity index (χ1v) is 7.18. The number of fused-ring (bicyclic) bond motifs is 1. The molecule has 2 atom stereocenters. The molecule has 0 radical (unpaired) electrons. The van der Waals surface area contributed by atoms with Crippen molar-refractivity contribution >= 4 is 11.6 Å². The van der Waals surface area contributed by atoms with Crippen LogP contribution in [0.4, 0.5) is 5.69 Å². The molecule has 20 heavy (non-hydrogen) atoms. The van der Waals surface area contributed by atoms with Gasteiger partial charge in [0.1, 0.15) is 11.9 Å². The highest BCUT2D eigenvalue weighted by molar-refractivity contribution is 5.98. The molecule has 1 fully saturated rings. The van der Waals surface area contributed by atoms with Crippen molar-refractivity contribution in [2.45, 2.75) is 31.5 Å². The molecule has 0 saturated carbocycles. The number of para-hydroxylation sites is 2. The summed E-state index contributed by atoms with van der Waals surface area (Å²) in [6.45, 7) is 1.78. The van der Waals surface area contributed by atoms with Crippen LogP contribution in [0.25, 0.3) is 0 Å². The van der Waals surface area contributed by atoms with Crippen molar-refractivity contribution in [1.29, 1.82) is 0 Å². The van der Waals surface area contributed by atoms with Gasteiger partial charge in [0, 0.05) is 13.1 Å². The summed E-state index contributed by atoms with van der Waals surface area (Å²) in [6.07, 6.45) is 2.09. The molecule has 0 aromatic heterocycles. The summed E-state index contributed by atoms with van der Waals surface area (Å²) in [5.41, 5.74) is 6.45. The monoisotopic (exact) mass is 276 g/mol. The third kappa shape index (κ3) is 2.51. The van der Waals surface area contributed by atoms with Gasteiger partial charge in [-0.1, -0.05) is 12.1 Å². The quantitative estimate of drug-likeness (QED) is 0.884. The van der Waals surface area contributed by atoms with Gasteiger partial charge in [0.25, 0.3) is 5.91 Å². The van der Waals surface area contributed by atoms with Gasteiger partial charge < -0.3 is 20.1 Å². The zero-order valence-electron chi connectivity index (χ0n) is 11.5. The van der Waals surface area contributed by atoms with Gasteiger partial charge in [0.15, 0.2) is 0 Å². The van der Waals surface area contributed by atoms with Gasteiger partial charge in [-0.2, -0.15) is 0 Å². The Morgan fingerprint density at radius 1 is 1.35 bits per heavy atom. The van der Waals surface area contributed by atoms with Crippen molar-refractivity contribution in [2.24, 2.45) is 5.73 Å². The Hall–Kier alpha value is -1.59. The molecule has 1 saturated heterocycles. The molecule has 0 spiro atoms. The second kappa shape index (κ2) is 5.81. The highest BCUT2D eigenvalue weighted by Crippen LogP contribution is 2.32. The molecule has 0 bridgehead atoms. The standard InChI is InChI=1S/C15H20N2O3/c16-10-11-6-7-14(20-11)15(18)17-8-3-9-19-13-5-2-1-4-12(13)17/h1-2,4-5,11,14H,3,6-10,16H2. The normalized spacial score (nSPS) is 25.8. The minimum absolute atomic E-state index is 0.0161. The maximum absolute atomic E-state index is 12.7. The SMILES string of the molecule is NCC1CCC(C(=O)N2CCCOc3ccccc32)O1. The number of anilines is 1. The number of benzene rings is 1. The van der Waals surface area contributed by atoms with E-state index < -0.39 is 0 Å². The predicted octanol–water partition coefficient (Wildman–Crippen LogP) is 1.31. The molecule has 3 rings (SSSR count). The van der Waals surface area contributed by atoms with Crippen molar-refractivity contribution in [1.82, 2.24) is 0 Å². The molecule has 5 heteroatoms. The lowest BCUT2D eigenvalue weighted by molar-refractivity contribution is -0.129. The zero-order valence-corrected chi connectivity index (χ0v) is 11.5. The Morgan fingerprint density at radius 3 is 3.00 bits per heavy atom. The Balaban J connectivity index is 1.81. The predicted molar refractivity (Wildman–Crippen MR) is 75.9 cm³/mol. The topological polar surface area (TPSA) is 64.8 Å². The number of nitrogens with two attached hydrogens (primary N) is 1. The summed E-state index contributed by atoms with van der Waals surface area (Å²) in [4.78, 5) is 14.5. The number of nitrogens with zero attached hydrogens (tertiary/aromatic N) is 1. The molecule has 2 aliphatic rings. The van der Waals surface area contributed by atoms with E-state index in [-0.39, 0.29) is 18.1 Å². The van der Waals surface area contributed by atoms with E-state index in [1.807, 2.05) is 24.3 Å². The average molecular weight is 276 g/mol. The summed E-state index contributed by atoms with van der Waals surface area (Å²) in [5, 5.41) is 0. The Bertz CT molecular complexity index is 492. The van der Waals surface area contributed by atoms with E-state index in [9.17, 15) is 4.79 Å². The lowest BCUT2D eigenvalue weighted by Crippen LogP contribution is -2.40. The maximum atomic E-state index is 12.7. The van der Waals surface area contributed by atoms with Crippen LogP contribution in [0, 0.1) is 0 Å². The third-order valence-corrected chi connectivity index (χ3v) is 3.85. The lowest BCUT2D eigenvalue weighted by atomic mass is 10.1. The fourth-order valence-electron chi connectivity index (χ4n) is 2.79. The van der Waals surface area contributed by atoms with Crippen molar-refractivity contribution < 1.29 is 14.3 Å². The van der Waals surface area contributed by atoms with E-state index >= 15 is 0 Å². The molecule has 108 valence electrons. The van der Waals surface area contributed by atoms with Crippen molar-refractivity contribution in [3.8, 4) is 5.75 Å². The second-order valence-corrected chi connectivity index (χ2v) is 5.22. The maximum Gasteiger partial charge on any atom is 0.256 e. The average Bonchev–Trinajstić information content (AvgIpc) is 2.86. The van der Waals surface area contributed by atoms with Crippen LogP contribution in [-0.2, 0) is 9.53 Å². The van der Waals surface area contributed by atoms with E-state index in [1.54, 1.807) is 4.90 Å². The van der Waals surface area contributed by atoms with Crippen LogP contribution in [0.1, 0.15) is 19.3 Å². The van der Waals surface area contributed by atoms with Gasteiger partial charge in [0.05, 0.1) is 18.4 Å². The number of hydrogen-bond acceptors (Lipinski definition) is 4. The van der Waals surface area contributed by atoms with Crippen LogP contribution in [0.3, 0.4) is 0 Å².